The van der Waals surface area contributed by atoms with Crippen LogP contribution in [0, 0.1) is 11.8 Å². The number of imidazole rings is 1. The largest absolute Gasteiger partial charge is 0.495 e. The molecule has 6 nitrogen and oxygen atoms in total. The van der Waals surface area contributed by atoms with Crippen LogP contribution in [0.1, 0.15) is 11.1 Å². The zero-order chi connectivity index (χ0) is 22.7. The molecule has 0 radical (unpaired) electrons. The third kappa shape index (κ3) is 3.91. The maximum Gasteiger partial charge on any atom is 0.204 e. The van der Waals surface area contributed by atoms with Crippen molar-refractivity contribution in [1.82, 2.24) is 9.97 Å². The van der Waals surface area contributed by atoms with E-state index in [-0.39, 0.29) is 0 Å². The maximum absolute atomic E-state index is 6.22. The van der Waals surface area contributed by atoms with Crippen LogP contribution in [0.5, 0.6) is 23.0 Å². The van der Waals surface area contributed by atoms with Crippen LogP contribution in [0.15, 0.2) is 48.5 Å². The highest BCUT2D eigenvalue weighted by Crippen LogP contribution is 2.44. The van der Waals surface area contributed by atoms with E-state index in [0.717, 1.165) is 27.7 Å². The molecule has 0 spiro atoms. The van der Waals surface area contributed by atoms with Gasteiger partial charge in [0.1, 0.15) is 11.6 Å². The first-order valence-corrected chi connectivity index (χ1v) is 10.1. The smallest absolute Gasteiger partial charge is 0.204 e. The molecule has 0 aliphatic carbocycles. The summed E-state index contributed by atoms with van der Waals surface area (Å²) in [4.78, 5) is 8.06. The normalized spacial score (nSPS) is 10.4. The van der Waals surface area contributed by atoms with Gasteiger partial charge in [0.25, 0.3) is 0 Å². The Bertz CT molecular complexity index is 1350. The van der Waals surface area contributed by atoms with Crippen molar-refractivity contribution in [3.05, 3.63) is 64.7 Å². The molecule has 0 aliphatic heterocycles. The van der Waals surface area contributed by atoms with E-state index in [0.29, 0.717) is 33.8 Å². The number of nitrogens with zero attached hydrogens (tertiary/aromatic N) is 1. The number of hydrogen-bond acceptors (Lipinski definition) is 5. The van der Waals surface area contributed by atoms with Gasteiger partial charge in [-0.25, -0.2) is 4.98 Å². The van der Waals surface area contributed by atoms with Gasteiger partial charge < -0.3 is 23.9 Å². The lowest BCUT2D eigenvalue weighted by atomic mass is 10.1. The van der Waals surface area contributed by atoms with Crippen LogP contribution in [0.3, 0.4) is 0 Å². The number of methoxy groups -OCH3 is 4. The fourth-order valence-corrected chi connectivity index (χ4v) is 3.60. The highest BCUT2D eigenvalue weighted by molar-refractivity contribution is 6.31. The number of aromatic amines is 1. The molecule has 4 rings (SSSR count). The average molecular weight is 449 g/mol. The molecule has 162 valence electrons. The van der Waals surface area contributed by atoms with Crippen LogP contribution in [0.2, 0.25) is 5.02 Å². The predicted octanol–water partition coefficient (Wildman–Crippen LogP) is 5.32. The van der Waals surface area contributed by atoms with E-state index < -0.39 is 0 Å². The summed E-state index contributed by atoms with van der Waals surface area (Å²) >= 11 is 6.22. The lowest BCUT2D eigenvalue weighted by Crippen LogP contribution is -1.97. The van der Waals surface area contributed by atoms with Crippen molar-refractivity contribution < 1.29 is 18.9 Å². The van der Waals surface area contributed by atoms with Crippen LogP contribution in [-0.2, 0) is 0 Å². The zero-order valence-corrected chi connectivity index (χ0v) is 18.8. The van der Waals surface area contributed by atoms with Gasteiger partial charge >= 0.3 is 0 Å². The molecule has 3 aromatic carbocycles. The van der Waals surface area contributed by atoms with Crippen LogP contribution >= 0.6 is 11.6 Å². The topological polar surface area (TPSA) is 65.6 Å². The molecule has 0 unspecified atom stereocenters. The molecule has 32 heavy (non-hydrogen) atoms. The molecule has 0 atom stereocenters. The number of fused-ring (bicyclic) bond motifs is 1. The molecule has 1 heterocycles. The summed E-state index contributed by atoms with van der Waals surface area (Å²) in [5.41, 5.74) is 3.74. The number of benzene rings is 3. The van der Waals surface area contributed by atoms with Crippen molar-refractivity contribution in [3.8, 4) is 46.2 Å². The second-order valence-corrected chi connectivity index (χ2v) is 7.17. The van der Waals surface area contributed by atoms with E-state index in [1.165, 1.54) is 0 Å². The Labute approximate surface area is 191 Å². The van der Waals surface area contributed by atoms with Crippen LogP contribution in [0.4, 0.5) is 0 Å². The number of H-pyrrole nitrogens is 1. The minimum atomic E-state index is 0.497. The van der Waals surface area contributed by atoms with E-state index in [1.807, 2.05) is 48.5 Å². The summed E-state index contributed by atoms with van der Waals surface area (Å²) < 4.78 is 22.0. The molecule has 4 aromatic rings. The van der Waals surface area contributed by atoms with Gasteiger partial charge in [0.15, 0.2) is 11.5 Å². The quantitative estimate of drug-likeness (QED) is 0.419. The highest BCUT2D eigenvalue weighted by Gasteiger charge is 2.19. The van der Waals surface area contributed by atoms with Gasteiger partial charge in [-0.2, -0.15) is 0 Å². The third-order valence-electron chi connectivity index (χ3n) is 4.97. The number of hydrogen-bond donors (Lipinski definition) is 1. The SMILES string of the molecule is COc1cc2nc(-c3ccc(OC)c(OC)c3OC)[nH]c2cc1C#Cc1ccccc1Cl. The summed E-state index contributed by atoms with van der Waals surface area (Å²) in [5, 5.41) is 0.601. The van der Waals surface area contributed by atoms with Crippen molar-refractivity contribution in [2.24, 2.45) is 0 Å². The average Bonchev–Trinajstić information content (AvgIpc) is 3.24. The van der Waals surface area contributed by atoms with E-state index in [1.54, 1.807) is 28.4 Å². The summed E-state index contributed by atoms with van der Waals surface area (Å²) in [6.45, 7) is 0. The van der Waals surface area contributed by atoms with Crippen molar-refractivity contribution in [1.29, 1.82) is 0 Å². The molecule has 0 aliphatic rings. The van der Waals surface area contributed by atoms with E-state index in [9.17, 15) is 0 Å². The Hall–Kier alpha value is -3.82. The molecule has 1 N–H and O–H groups in total. The van der Waals surface area contributed by atoms with Gasteiger partial charge in [0, 0.05) is 11.6 Å². The number of halogens is 1. The fourth-order valence-electron chi connectivity index (χ4n) is 3.42. The fraction of sp³-hybridized carbons (Fsp3) is 0.160. The van der Waals surface area contributed by atoms with Gasteiger partial charge in [-0.1, -0.05) is 35.6 Å². The number of rotatable bonds is 5. The maximum atomic E-state index is 6.22. The minimum absolute atomic E-state index is 0.497. The van der Waals surface area contributed by atoms with E-state index in [2.05, 4.69) is 16.8 Å². The second kappa shape index (κ2) is 9.13. The Balaban J connectivity index is 1.82. The van der Waals surface area contributed by atoms with Crippen LogP contribution in [-0.4, -0.2) is 38.4 Å². The Kier molecular flexibility index (Phi) is 6.11. The molecule has 0 saturated heterocycles. The number of aromatic nitrogens is 2. The molecule has 7 heteroatoms. The van der Waals surface area contributed by atoms with Gasteiger partial charge in [-0.05, 0) is 30.3 Å². The molecular weight excluding hydrogens is 428 g/mol. The standard InChI is InChI=1S/C25H21ClN2O4/c1-29-21-12-11-17(23(31-3)24(21)32-4)25-27-19-13-16(22(30-2)14-20(19)28-25)10-9-15-7-5-6-8-18(15)26/h5-8,11-14H,1-4H3,(H,27,28). The van der Waals surface area contributed by atoms with Gasteiger partial charge in [0.2, 0.25) is 5.75 Å². The molecule has 0 saturated carbocycles. The molecular formula is C25H21ClN2O4. The molecule has 0 fully saturated rings. The number of ether oxygens (including phenoxy) is 4. The van der Waals surface area contributed by atoms with Gasteiger partial charge in [-0.3, -0.25) is 0 Å². The Morgan fingerprint density at radius 3 is 2.19 bits per heavy atom. The zero-order valence-electron chi connectivity index (χ0n) is 18.1. The van der Waals surface area contributed by atoms with Gasteiger partial charge in [-0.15, -0.1) is 0 Å². The predicted molar refractivity (Wildman–Crippen MR) is 125 cm³/mol. The first-order chi connectivity index (χ1) is 15.6. The highest BCUT2D eigenvalue weighted by atomic mass is 35.5. The molecule has 0 amide bonds. The first-order valence-electron chi connectivity index (χ1n) is 9.73. The molecule has 0 bridgehead atoms. The van der Waals surface area contributed by atoms with Gasteiger partial charge in [0.05, 0.1) is 55.6 Å². The lowest BCUT2D eigenvalue weighted by molar-refractivity contribution is 0.325. The lowest BCUT2D eigenvalue weighted by Gasteiger charge is -2.14. The molecule has 1 aromatic heterocycles. The van der Waals surface area contributed by atoms with Crippen molar-refractivity contribution in [2.75, 3.05) is 28.4 Å². The Morgan fingerprint density at radius 1 is 0.781 bits per heavy atom. The third-order valence-corrected chi connectivity index (χ3v) is 5.30. The summed E-state index contributed by atoms with van der Waals surface area (Å²) in [6.07, 6.45) is 0. The second-order valence-electron chi connectivity index (χ2n) is 6.77. The summed E-state index contributed by atoms with van der Waals surface area (Å²) in [7, 11) is 6.33. The summed E-state index contributed by atoms with van der Waals surface area (Å²) in [6, 6.07) is 14.9. The van der Waals surface area contributed by atoms with Crippen molar-refractivity contribution in [2.45, 2.75) is 0 Å². The monoisotopic (exact) mass is 448 g/mol. The van der Waals surface area contributed by atoms with E-state index >= 15 is 0 Å². The van der Waals surface area contributed by atoms with E-state index in [4.69, 9.17) is 35.5 Å². The Morgan fingerprint density at radius 2 is 1.50 bits per heavy atom. The summed E-state index contributed by atoms with van der Waals surface area (Å²) in [5.74, 6) is 9.09. The van der Waals surface area contributed by atoms with Crippen molar-refractivity contribution >= 4 is 22.6 Å². The number of nitrogens with one attached hydrogen (secondary N) is 1. The first kappa shape index (κ1) is 21.4. The van der Waals surface area contributed by atoms with Crippen LogP contribution < -0.4 is 18.9 Å². The minimum Gasteiger partial charge on any atom is -0.495 e. The van der Waals surface area contributed by atoms with Crippen LogP contribution in [0.25, 0.3) is 22.4 Å². The van der Waals surface area contributed by atoms with Crippen molar-refractivity contribution in [3.63, 3.8) is 0 Å².